The normalized spacial score (nSPS) is 10.4. The number of amides is 1. The molecule has 0 unspecified atom stereocenters. The van der Waals surface area contributed by atoms with Gasteiger partial charge in [-0.1, -0.05) is 42.5 Å². The van der Waals surface area contributed by atoms with E-state index in [2.05, 4.69) is 5.32 Å². The number of hydrogen-bond donors (Lipinski definition) is 1. The van der Waals surface area contributed by atoms with Gasteiger partial charge in [-0.3, -0.25) is 4.79 Å². The molecule has 0 aliphatic heterocycles. The molecule has 128 valence electrons. The summed E-state index contributed by atoms with van der Waals surface area (Å²) < 4.78 is 10.9. The lowest BCUT2D eigenvalue weighted by Gasteiger charge is -2.11. The number of aryl methyl sites for hydroxylation is 1. The number of methoxy groups -OCH3 is 1. The van der Waals surface area contributed by atoms with Gasteiger partial charge in [-0.25, -0.2) is 0 Å². The largest absolute Gasteiger partial charge is 0.493 e. The van der Waals surface area contributed by atoms with E-state index in [-0.39, 0.29) is 5.91 Å². The Hall–Kier alpha value is -2.33. The monoisotopic (exact) mass is 327 g/mol. The van der Waals surface area contributed by atoms with Crippen molar-refractivity contribution in [2.24, 2.45) is 0 Å². The van der Waals surface area contributed by atoms with Gasteiger partial charge in [0.15, 0.2) is 0 Å². The molecule has 0 aliphatic carbocycles. The maximum atomic E-state index is 12.0. The highest BCUT2D eigenvalue weighted by Crippen LogP contribution is 2.16. The Morgan fingerprint density at radius 1 is 1.04 bits per heavy atom. The summed E-state index contributed by atoms with van der Waals surface area (Å²) in [6.45, 7) is 3.63. The van der Waals surface area contributed by atoms with Crippen LogP contribution in [0.5, 0.6) is 5.75 Å². The summed E-state index contributed by atoms with van der Waals surface area (Å²) >= 11 is 0. The van der Waals surface area contributed by atoms with E-state index in [0.717, 1.165) is 22.4 Å². The number of rotatable bonds is 9. The summed E-state index contributed by atoms with van der Waals surface area (Å²) in [7, 11) is 1.67. The first-order valence-electron chi connectivity index (χ1n) is 8.21. The molecule has 24 heavy (non-hydrogen) atoms. The van der Waals surface area contributed by atoms with Crippen LogP contribution in [0.15, 0.2) is 48.5 Å². The van der Waals surface area contributed by atoms with Crippen molar-refractivity contribution >= 4 is 5.91 Å². The second-order valence-corrected chi connectivity index (χ2v) is 5.70. The van der Waals surface area contributed by atoms with Crippen LogP contribution in [-0.2, 0) is 22.7 Å². The number of carbonyl (C=O) groups excluding carboxylic acids is 1. The van der Waals surface area contributed by atoms with Crippen molar-refractivity contribution in [2.45, 2.75) is 32.9 Å². The number of carbonyl (C=O) groups is 1. The summed E-state index contributed by atoms with van der Waals surface area (Å²) in [5.41, 5.74) is 3.30. The molecule has 4 heteroatoms. The van der Waals surface area contributed by atoms with Crippen LogP contribution in [0.3, 0.4) is 0 Å². The molecule has 2 aromatic carbocycles. The van der Waals surface area contributed by atoms with Crippen LogP contribution in [0.25, 0.3) is 0 Å². The van der Waals surface area contributed by atoms with Gasteiger partial charge >= 0.3 is 0 Å². The zero-order valence-electron chi connectivity index (χ0n) is 14.4. The standard InChI is InChI=1S/C20H25NO3/c1-16-8-3-6-11-19(16)24-13-7-12-20(22)21-14-17-9-4-5-10-18(17)15-23-2/h3-6,8-11H,7,12-15H2,1-2H3,(H,21,22). The van der Waals surface area contributed by atoms with Gasteiger partial charge in [0.05, 0.1) is 13.2 Å². The van der Waals surface area contributed by atoms with Crippen LogP contribution in [0.4, 0.5) is 0 Å². The Morgan fingerprint density at radius 3 is 2.50 bits per heavy atom. The molecule has 0 radical (unpaired) electrons. The van der Waals surface area contributed by atoms with Crippen LogP contribution in [0.1, 0.15) is 29.5 Å². The molecule has 0 fully saturated rings. The summed E-state index contributed by atoms with van der Waals surface area (Å²) in [5, 5.41) is 2.96. The van der Waals surface area contributed by atoms with Crippen LogP contribution in [0, 0.1) is 6.92 Å². The number of hydrogen-bond acceptors (Lipinski definition) is 3. The Morgan fingerprint density at radius 2 is 1.75 bits per heavy atom. The first-order valence-corrected chi connectivity index (χ1v) is 8.21. The lowest BCUT2D eigenvalue weighted by Crippen LogP contribution is -2.23. The van der Waals surface area contributed by atoms with Crippen LogP contribution in [-0.4, -0.2) is 19.6 Å². The van der Waals surface area contributed by atoms with Crippen molar-refractivity contribution in [2.75, 3.05) is 13.7 Å². The lowest BCUT2D eigenvalue weighted by atomic mass is 10.1. The minimum atomic E-state index is 0.0376. The predicted molar refractivity (Wildman–Crippen MR) is 94.9 cm³/mol. The van der Waals surface area contributed by atoms with E-state index in [0.29, 0.717) is 32.6 Å². The average molecular weight is 327 g/mol. The molecule has 0 saturated heterocycles. The quantitative estimate of drug-likeness (QED) is 0.716. The van der Waals surface area contributed by atoms with E-state index in [1.165, 1.54) is 0 Å². The van der Waals surface area contributed by atoms with E-state index < -0.39 is 0 Å². The second-order valence-electron chi connectivity index (χ2n) is 5.70. The van der Waals surface area contributed by atoms with E-state index in [4.69, 9.17) is 9.47 Å². The Bertz CT molecular complexity index is 655. The first kappa shape index (κ1) is 18.0. The van der Waals surface area contributed by atoms with Crippen molar-refractivity contribution < 1.29 is 14.3 Å². The highest BCUT2D eigenvalue weighted by atomic mass is 16.5. The number of benzene rings is 2. The SMILES string of the molecule is COCc1ccccc1CNC(=O)CCCOc1ccccc1C. The van der Waals surface area contributed by atoms with Gasteiger partial charge in [0.25, 0.3) is 0 Å². The van der Waals surface area contributed by atoms with Gasteiger partial charge < -0.3 is 14.8 Å². The second kappa shape index (κ2) is 9.73. The molecule has 0 aromatic heterocycles. The minimum absolute atomic E-state index is 0.0376. The third-order valence-electron chi connectivity index (χ3n) is 3.79. The molecular formula is C20H25NO3. The Kier molecular flexibility index (Phi) is 7.30. The Labute approximate surface area is 143 Å². The fraction of sp³-hybridized carbons (Fsp3) is 0.350. The van der Waals surface area contributed by atoms with Gasteiger partial charge in [0.2, 0.25) is 5.91 Å². The van der Waals surface area contributed by atoms with Crippen molar-refractivity contribution in [1.82, 2.24) is 5.32 Å². The topological polar surface area (TPSA) is 47.6 Å². The van der Waals surface area contributed by atoms with Gasteiger partial charge in [0.1, 0.15) is 5.75 Å². The number of ether oxygens (including phenoxy) is 2. The zero-order valence-corrected chi connectivity index (χ0v) is 14.4. The fourth-order valence-corrected chi connectivity index (χ4v) is 2.44. The van der Waals surface area contributed by atoms with Crippen LogP contribution < -0.4 is 10.1 Å². The maximum Gasteiger partial charge on any atom is 0.220 e. The molecule has 1 amide bonds. The predicted octanol–water partition coefficient (Wildman–Crippen LogP) is 3.62. The van der Waals surface area contributed by atoms with E-state index in [1.807, 2.05) is 55.5 Å². The molecule has 4 nitrogen and oxygen atoms in total. The molecule has 0 bridgehead atoms. The Balaban J connectivity index is 1.69. The van der Waals surface area contributed by atoms with Crippen LogP contribution >= 0.6 is 0 Å². The van der Waals surface area contributed by atoms with Gasteiger partial charge in [-0.15, -0.1) is 0 Å². The fourth-order valence-electron chi connectivity index (χ4n) is 2.44. The van der Waals surface area contributed by atoms with E-state index >= 15 is 0 Å². The van der Waals surface area contributed by atoms with Crippen molar-refractivity contribution in [3.63, 3.8) is 0 Å². The van der Waals surface area contributed by atoms with Crippen molar-refractivity contribution in [1.29, 1.82) is 0 Å². The highest BCUT2D eigenvalue weighted by Gasteiger charge is 2.05. The van der Waals surface area contributed by atoms with Crippen molar-refractivity contribution in [3.8, 4) is 5.75 Å². The summed E-state index contributed by atoms with van der Waals surface area (Å²) in [6.07, 6.45) is 1.15. The van der Waals surface area contributed by atoms with Gasteiger partial charge in [-0.05, 0) is 36.1 Å². The van der Waals surface area contributed by atoms with Crippen LogP contribution in [0.2, 0.25) is 0 Å². The number of nitrogens with one attached hydrogen (secondary N) is 1. The highest BCUT2D eigenvalue weighted by molar-refractivity contribution is 5.75. The smallest absolute Gasteiger partial charge is 0.220 e. The minimum Gasteiger partial charge on any atom is -0.493 e. The van der Waals surface area contributed by atoms with E-state index in [1.54, 1.807) is 7.11 Å². The van der Waals surface area contributed by atoms with Gasteiger partial charge in [-0.2, -0.15) is 0 Å². The molecule has 0 atom stereocenters. The molecule has 0 spiro atoms. The number of para-hydroxylation sites is 1. The maximum absolute atomic E-state index is 12.0. The zero-order chi connectivity index (χ0) is 17.2. The molecule has 2 rings (SSSR count). The molecule has 0 aliphatic rings. The summed E-state index contributed by atoms with van der Waals surface area (Å²) in [5.74, 6) is 0.919. The molecular weight excluding hydrogens is 302 g/mol. The summed E-state index contributed by atoms with van der Waals surface area (Å²) in [6, 6.07) is 15.9. The summed E-state index contributed by atoms with van der Waals surface area (Å²) in [4.78, 5) is 12.0. The van der Waals surface area contributed by atoms with Gasteiger partial charge in [0, 0.05) is 20.1 Å². The molecule has 2 aromatic rings. The first-order chi connectivity index (χ1) is 11.7. The molecule has 1 N–H and O–H groups in total. The molecule has 0 saturated carbocycles. The molecule has 0 heterocycles. The lowest BCUT2D eigenvalue weighted by molar-refractivity contribution is -0.121. The third-order valence-corrected chi connectivity index (χ3v) is 3.79. The van der Waals surface area contributed by atoms with E-state index in [9.17, 15) is 4.79 Å². The van der Waals surface area contributed by atoms with Crippen molar-refractivity contribution in [3.05, 3.63) is 65.2 Å². The third kappa shape index (κ3) is 5.70. The average Bonchev–Trinajstić information content (AvgIpc) is 2.59.